The van der Waals surface area contributed by atoms with E-state index in [9.17, 15) is 5.11 Å². The van der Waals surface area contributed by atoms with E-state index in [1.54, 1.807) is 0 Å². The maximum absolute atomic E-state index is 9.37. The molecule has 1 unspecified atom stereocenters. The molecule has 1 heteroatoms. The maximum atomic E-state index is 9.37. The summed E-state index contributed by atoms with van der Waals surface area (Å²) in [6, 6.07) is 0. The van der Waals surface area contributed by atoms with Crippen LogP contribution >= 0.6 is 0 Å². The molecule has 0 fully saturated rings. The highest BCUT2D eigenvalue weighted by Gasteiger charge is 1.94. The molecule has 0 aromatic rings. The lowest BCUT2D eigenvalue weighted by Crippen LogP contribution is -1.99. The Morgan fingerprint density at radius 3 is 2.46 bits per heavy atom. The van der Waals surface area contributed by atoms with Crippen molar-refractivity contribution in [2.24, 2.45) is 0 Å². The van der Waals surface area contributed by atoms with E-state index in [0.717, 1.165) is 19.3 Å². The first-order valence-electron chi connectivity index (χ1n) is 5.66. The molecular weight excluding hydrogens is 160 g/mol. The summed E-state index contributed by atoms with van der Waals surface area (Å²) in [7, 11) is 0. The number of aliphatic hydroxyl groups is 1. The van der Waals surface area contributed by atoms with Gasteiger partial charge in [-0.2, -0.15) is 0 Å². The Bertz CT molecular complexity index is 118. The van der Waals surface area contributed by atoms with E-state index in [2.05, 4.69) is 19.9 Å². The molecule has 1 N–H and O–H groups in total. The smallest absolute Gasteiger partial charge is 0.0720 e. The molecule has 13 heavy (non-hydrogen) atoms. The molecule has 0 radical (unpaired) electrons. The van der Waals surface area contributed by atoms with Crippen LogP contribution in [0, 0.1) is 0 Å². The summed E-state index contributed by atoms with van der Waals surface area (Å²) >= 11 is 0. The molecule has 0 aliphatic heterocycles. The van der Waals surface area contributed by atoms with Crippen LogP contribution in [0.5, 0.6) is 0 Å². The van der Waals surface area contributed by atoms with Crippen molar-refractivity contribution in [2.45, 2.75) is 64.9 Å². The van der Waals surface area contributed by atoms with Crippen LogP contribution in [0.15, 0.2) is 12.2 Å². The fraction of sp³-hybridized carbons (Fsp3) is 0.833. The van der Waals surface area contributed by atoms with Gasteiger partial charge in [0.2, 0.25) is 0 Å². The largest absolute Gasteiger partial charge is 0.389 e. The van der Waals surface area contributed by atoms with Crippen LogP contribution < -0.4 is 0 Å². The first kappa shape index (κ1) is 12.7. The van der Waals surface area contributed by atoms with Crippen molar-refractivity contribution in [1.82, 2.24) is 0 Å². The summed E-state index contributed by atoms with van der Waals surface area (Å²) in [6.07, 6.45) is 12.1. The molecule has 0 bridgehead atoms. The van der Waals surface area contributed by atoms with Gasteiger partial charge in [0.05, 0.1) is 6.10 Å². The zero-order valence-electron chi connectivity index (χ0n) is 9.13. The molecule has 0 amide bonds. The Kier molecular flexibility index (Phi) is 9.56. The first-order valence-corrected chi connectivity index (χ1v) is 5.66. The third kappa shape index (κ3) is 9.62. The summed E-state index contributed by atoms with van der Waals surface area (Å²) < 4.78 is 0. The van der Waals surface area contributed by atoms with Crippen LogP contribution in [0.2, 0.25) is 0 Å². The highest BCUT2D eigenvalue weighted by Crippen LogP contribution is 2.04. The number of unbranched alkanes of at least 4 members (excludes halogenated alkanes) is 4. The van der Waals surface area contributed by atoms with Gasteiger partial charge in [-0.05, 0) is 19.3 Å². The minimum Gasteiger partial charge on any atom is -0.389 e. The molecule has 0 aromatic carbocycles. The van der Waals surface area contributed by atoms with Gasteiger partial charge in [-0.3, -0.25) is 0 Å². The highest BCUT2D eigenvalue weighted by atomic mass is 16.3. The van der Waals surface area contributed by atoms with E-state index in [1.807, 2.05) is 6.08 Å². The summed E-state index contributed by atoms with van der Waals surface area (Å²) in [5.41, 5.74) is 0. The molecule has 0 spiro atoms. The number of hydrogen-bond acceptors (Lipinski definition) is 1. The van der Waals surface area contributed by atoms with Gasteiger partial charge in [0, 0.05) is 0 Å². The van der Waals surface area contributed by atoms with Crippen molar-refractivity contribution in [3.63, 3.8) is 0 Å². The molecular formula is C12H24O. The molecule has 0 saturated heterocycles. The van der Waals surface area contributed by atoms with Crippen molar-refractivity contribution in [1.29, 1.82) is 0 Å². The molecule has 0 aliphatic carbocycles. The van der Waals surface area contributed by atoms with Gasteiger partial charge in [0.15, 0.2) is 0 Å². The predicted octanol–water partition coefficient (Wildman–Crippen LogP) is 3.67. The van der Waals surface area contributed by atoms with Gasteiger partial charge >= 0.3 is 0 Å². The molecule has 0 aliphatic rings. The fourth-order valence-corrected chi connectivity index (χ4v) is 1.33. The van der Waals surface area contributed by atoms with Crippen molar-refractivity contribution in [3.8, 4) is 0 Å². The van der Waals surface area contributed by atoms with Gasteiger partial charge in [0.1, 0.15) is 0 Å². The minimum absolute atomic E-state index is 0.212. The molecule has 0 rings (SSSR count). The second kappa shape index (κ2) is 9.79. The monoisotopic (exact) mass is 184 g/mol. The maximum Gasteiger partial charge on any atom is 0.0720 e. The average Bonchev–Trinajstić information content (AvgIpc) is 2.11. The number of aliphatic hydroxyl groups excluding tert-OH is 1. The molecule has 1 atom stereocenters. The SMILES string of the molecule is CCCCCC/C=C/C(O)CCC. The van der Waals surface area contributed by atoms with Crippen LogP contribution in [-0.2, 0) is 0 Å². The lowest BCUT2D eigenvalue weighted by molar-refractivity contribution is 0.211. The predicted molar refractivity (Wildman–Crippen MR) is 58.8 cm³/mol. The van der Waals surface area contributed by atoms with E-state index < -0.39 is 0 Å². The minimum atomic E-state index is -0.212. The lowest BCUT2D eigenvalue weighted by Gasteiger charge is -2.01. The summed E-state index contributed by atoms with van der Waals surface area (Å²) in [5.74, 6) is 0. The Morgan fingerprint density at radius 2 is 1.85 bits per heavy atom. The topological polar surface area (TPSA) is 20.2 Å². The van der Waals surface area contributed by atoms with E-state index in [1.165, 1.54) is 25.7 Å². The average molecular weight is 184 g/mol. The molecule has 0 saturated carbocycles. The third-order valence-corrected chi connectivity index (χ3v) is 2.17. The normalized spacial score (nSPS) is 13.8. The van der Waals surface area contributed by atoms with Crippen LogP contribution in [0.25, 0.3) is 0 Å². The lowest BCUT2D eigenvalue weighted by atomic mass is 10.1. The van der Waals surface area contributed by atoms with Crippen LogP contribution in [-0.4, -0.2) is 11.2 Å². The Hall–Kier alpha value is -0.300. The summed E-state index contributed by atoms with van der Waals surface area (Å²) in [5, 5.41) is 9.37. The van der Waals surface area contributed by atoms with E-state index in [4.69, 9.17) is 0 Å². The number of hydrogen-bond donors (Lipinski definition) is 1. The Morgan fingerprint density at radius 1 is 1.08 bits per heavy atom. The third-order valence-electron chi connectivity index (χ3n) is 2.17. The van der Waals surface area contributed by atoms with Crippen molar-refractivity contribution in [2.75, 3.05) is 0 Å². The van der Waals surface area contributed by atoms with Gasteiger partial charge in [-0.25, -0.2) is 0 Å². The van der Waals surface area contributed by atoms with E-state index in [-0.39, 0.29) is 6.10 Å². The Balaban J connectivity index is 3.20. The molecule has 0 heterocycles. The first-order chi connectivity index (χ1) is 6.31. The summed E-state index contributed by atoms with van der Waals surface area (Å²) in [6.45, 7) is 4.32. The van der Waals surface area contributed by atoms with E-state index >= 15 is 0 Å². The van der Waals surface area contributed by atoms with E-state index in [0.29, 0.717) is 0 Å². The molecule has 78 valence electrons. The number of rotatable bonds is 8. The second-order valence-corrected chi connectivity index (χ2v) is 3.63. The zero-order chi connectivity index (χ0) is 9.94. The summed E-state index contributed by atoms with van der Waals surface area (Å²) in [4.78, 5) is 0. The van der Waals surface area contributed by atoms with Crippen LogP contribution in [0.4, 0.5) is 0 Å². The van der Waals surface area contributed by atoms with Gasteiger partial charge < -0.3 is 5.11 Å². The highest BCUT2D eigenvalue weighted by molar-refractivity contribution is 4.88. The van der Waals surface area contributed by atoms with Crippen molar-refractivity contribution < 1.29 is 5.11 Å². The Labute approximate surface area is 82.9 Å². The second-order valence-electron chi connectivity index (χ2n) is 3.63. The van der Waals surface area contributed by atoms with Crippen LogP contribution in [0.1, 0.15) is 58.8 Å². The number of allylic oxidation sites excluding steroid dienone is 1. The molecule has 1 nitrogen and oxygen atoms in total. The fourth-order valence-electron chi connectivity index (χ4n) is 1.33. The van der Waals surface area contributed by atoms with Crippen molar-refractivity contribution in [3.05, 3.63) is 12.2 Å². The zero-order valence-corrected chi connectivity index (χ0v) is 9.13. The molecule has 0 aromatic heterocycles. The van der Waals surface area contributed by atoms with Crippen LogP contribution in [0.3, 0.4) is 0 Å². The van der Waals surface area contributed by atoms with Gasteiger partial charge in [-0.1, -0.05) is 51.7 Å². The quantitative estimate of drug-likeness (QED) is 0.451. The van der Waals surface area contributed by atoms with Crippen molar-refractivity contribution >= 4 is 0 Å². The van der Waals surface area contributed by atoms with Gasteiger partial charge in [-0.15, -0.1) is 0 Å². The standard InChI is InChI=1S/C12H24O/c1-3-5-6-7-8-9-11-12(13)10-4-2/h9,11-13H,3-8,10H2,1-2H3/b11-9+. The van der Waals surface area contributed by atoms with Gasteiger partial charge in [0.25, 0.3) is 0 Å².